The topological polar surface area (TPSA) is 47.6 Å². The van der Waals surface area contributed by atoms with E-state index in [1.165, 1.54) is 0 Å². The molecule has 106 valence electrons. The van der Waals surface area contributed by atoms with Gasteiger partial charge < -0.3 is 14.8 Å². The molecule has 1 aromatic carbocycles. The second-order valence-corrected chi connectivity index (χ2v) is 4.61. The largest absolute Gasteiger partial charge is 0.493 e. The van der Waals surface area contributed by atoms with Crippen molar-refractivity contribution in [1.29, 1.82) is 0 Å². The molecule has 0 radical (unpaired) electrons. The fraction of sp³-hybridized carbons (Fsp3) is 0.533. The maximum Gasteiger partial charge on any atom is 0.260 e. The van der Waals surface area contributed by atoms with Gasteiger partial charge in [0.15, 0.2) is 17.6 Å². The van der Waals surface area contributed by atoms with Gasteiger partial charge in [0, 0.05) is 6.04 Å². The first-order valence-electron chi connectivity index (χ1n) is 6.68. The second kappa shape index (κ2) is 7.67. The van der Waals surface area contributed by atoms with Gasteiger partial charge in [-0.3, -0.25) is 4.79 Å². The summed E-state index contributed by atoms with van der Waals surface area (Å²) in [5.41, 5.74) is 0. The van der Waals surface area contributed by atoms with Crippen LogP contribution in [-0.2, 0) is 4.79 Å². The minimum atomic E-state index is -0.546. The number of hydrogen-bond donors (Lipinski definition) is 1. The Bertz CT molecular complexity index is 406. The van der Waals surface area contributed by atoms with E-state index in [4.69, 9.17) is 9.47 Å². The van der Waals surface area contributed by atoms with Gasteiger partial charge in [0.25, 0.3) is 5.91 Å². The first kappa shape index (κ1) is 15.3. The molecule has 0 unspecified atom stereocenters. The molecule has 0 aliphatic carbocycles. The molecule has 0 aliphatic rings. The third kappa shape index (κ3) is 4.81. The maximum atomic E-state index is 12.0. The van der Waals surface area contributed by atoms with E-state index in [9.17, 15) is 4.79 Å². The van der Waals surface area contributed by atoms with Gasteiger partial charge >= 0.3 is 0 Å². The van der Waals surface area contributed by atoms with Crippen LogP contribution in [-0.4, -0.2) is 25.2 Å². The average Bonchev–Trinajstić information content (AvgIpc) is 2.39. The van der Waals surface area contributed by atoms with Crippen LogP contribution >= 0.6 is 0 Å². The molecule has 1 N–H and O–H groups in total. The van der Waals surface area contributed by atoms with Crippen LogP contribution in [0.2, 0.25) is 0 Å². The van der Waals surface area contributed by atoms with E-state index in [-0.39, 0.29) is 11.9 Å². The zero-order valence-corrected chi connectivity index (χ0v) is 12.1. The summed E-state index contributed by atoms with van der Waals surface area (Å²) < 4.78 is 10.8. The van der Waals surface area contributed by atoms with E-state index in [0.717, 1.165) is 12.8 Å². The predicted octanol–water partition coefficient (Wildman–Crippen LogP) is 2.77. The standard InChI is InChI=1S/C15H23NO3/c1-5-8-11(2)16-15(17)12(3)19-14-10-7-6-9-13(14)18-4/h6-7,9-12H,5,8H2,1-4H3,(H,16,17)/t11-,12+/m0/s1. The molecule has 0 saturated carbocycles. The van der Waals surface area contributed by atoms with Crippen LogP contribution in [0.3, 0.4) is 0 Å². The highest BCUT2D eigenvalue weighted by Gasteiger charge is 2.17. The number of methoxy groups -OCH3 is 1. The second-order valence-electron chi connectivity index (χ2n) is 4.61. The monoisotopic (exact) mass is 265 g/mol. The van der Waals surface area contributed by atoms with Crippen molar-refractivity contribution in [2.75, 3.05) is 7.11 Å². The third-order valence-corrected chi connectivity index (χ3v) is 2.85. The summed E-state index contributed by atoms with van der Waals surface area (Å²) in [7, 11) is 1.58. The van der Waals surface area contributed by atoms with E-state index < -0.39 is 6.10 Å². The number of hydrogen-bond acceptors (Lipinski definition) is 3. The molecular weight excluding hydrogens is 242 g/mol. The SMILES string of the molecule is CCC[C@H](C)NC(=O)[C@@H](C)Oc1ccccc1OC. The highest BCUT2D eigenvalue weighted by Crippen LogP contribution is 2.26. The summed E-state index contributed by atoms with van der Waals surface area (Å²) in [5, 5.41) is 2.93. The Balaban J connectivity index is 2.58. The Kier molecular flexibility index (Phi) is 6.19. The fourth-order valence-electron chi connectivity index (χ4n) is 1.83. The van der Waals surface area contributed by atoms with Crippen molar-refractivity contribution in [3.8, 4) is 11.5 Å². The number of amides is 1. The van der Waals surface area contributed by atoms with E-state index in [1.807, 2.05) is 19.1 Å². The molecule has 4 heteroatoms. The Labute approximate surface area is 115 Å². The van der Waals surface area contributed by atoms with Crippen molar-refractivity contribution < 1.29 is 14.3 Å². The van der Waals surface area contributed by atoms with Crippen LogP contribution in [0.4, 0.5) is 0 Å². The zero-order chi connectivity index (χ0) is 14.3. The molecule has 0 heterocycles. The fourth-order valence-corrected chi connectivity index (χ4v) is 1.83. The van der Waals surface area contributed by atoms with E-state index in [0.29, 0.717) is 11.5 Å². The molecule has 19 heavy (non-hydrogen) atoms. The lowest BCUT2D eigenvalue weighted by atomic mass is 10.2. The zero-order valence-electron chi connectivity index (χ0n) is 12.1. The summed E-state index contributed by atoms with van der Waals surface area (Å²) in [6, 6.07) is 7.47. The molecule has 0 aliphatic heterocycles. The van der Waals surface area contributed by atoms with E-state index >= 15 is 0 Å². The third-order valence-electron chi connectivity index (χ3n) is 2.85. The van der Waals surface area contributed by atoms with Gasteiger partial charge in [0.05, 0.1) is 7.11 Å². The molecule has 0 saturated heterocycles. The minimum absolute atomic E-state index is 0.105. The molecule has 1 rings (SSSR count). The first-order valence-corrected chi connectivity index (χ1v) is 6.68. The van der Waals surface area contributed by atoms with Crippen LogP contribution in [0.25, 0.3) is 0 Å². The summed E-state index contributed by atoms with van der Waals surface area (Å²) >= 11 is 0. The van der Waals surface area contributed by atoms with Crippen molar-refractivity contribution in [2.24, 2.45) is 0 Å². The van der Waals surface area contributed by atoms with Crippen molar-refractivity contribution >= 4 is 5.91 Å². The molecule has 4 nitrogen and oxygen atoms in total. The highest BCUT2D eigenvalue weighted by molar-refractivity contribution is 5.81. The summed E-state index contributed by atoms with van der Waals surface area (Å²) in [6.07, 6.45) is 1.46. The number of carbonyl (C=O) groups excluding carboxylic acids is 1. The number of ether oxygens (including phenoxy) is 2. The number of benzene rings is 1. The first-order chi connectivity index (χ1) is 9.08. The van der Waals surface area contributed by atoms with Gasteiger partial charge in [0.2, 0.25) is 0 Å². The molecule has 0 fully saturated rings. The molecule has 1 aromatic rings. The van der Waals surface area contributed by atoms with Gasteiger partial charge in [-0.1, -0.05) is 25.5 Å². The van der Waals surface area contributed by atoms with Crippen LogP contribution < -0.4 is 14.8 Å². The number of nitrogens with one attached hydrogen (secondary N) is 1. The average molecular weight is 265 g/mol. The summed E-state index contributed by atoms with van der Waals surface area (Å²) in [6.45, 7) is 5.83. The van der Waals surface area contributed by atoms with Crippen molar-refractivity contribution in [1.82, 2.24) is 5.32 Å². The lowest BCUT2D eigenvalue weighted by molar-refractivity contribution is -0.127. The van der Waals surface area contributed by atoms with Gasteiger partial charge in [-0.2, -0.15) is 0 Å². The predicted molar refractivity (Wildman–Crippen MR) is 75.6 cm³/mol. The van der Waals surface area contributed by atoms with Gasteiger partial charge in [0.1, 0.15) is 0 Å². The van der Waals surface area contributed by atoms with E-state index in [1.54, 1.807) is 26.2 Å². The Morgan fingerprint density at radius 3 is 2.47 bits per heavy atom. The summed E-state index contributed by atoms with van der Waals surface area (Å²) in [4.78, 5) is 12.0. The number of para-hydroxylation sites is 2. The molecule has 0 spiro atoms. The quantitative estimate of drug-likeness (QED) is 0.824. The van der Waals surface area contributed by atoms with Gasteiger partial charge in [-0.15, -0.1) is 0 Å². The molecule has 2 atom stereocenters. The van der Waals surface area contributed by atoms with Gasteiger partial charge in [-0.25, -0.2) is 0 Å². The Hall–Kier alpha value is -1.71. The van der Waals surface area contributed by atoms with Crippen LogP contribution in [0.5, 0.6) is 11.5 Å². The number of carbonyl (C=O) groups is 1. The van der Waals surface area contributed by atoms with Crippen LogP contribution in [0, 0.1) is 0 Å². The van der Waals surface area contributed by atoms with Crippen molar-refractivity contribution in [2.45, 2.75) is 45.8 Å². The molecule has 1 amide bonds. The van der Waals surface area contributed by atoms with Crippen LogP contribution in [0.15, 0.2) is 24.3 Å². The smallest absolute Gasteiger partial charge is 0.260 e. The minimum Gasteiger partial charge on any atom is -0.493 e. The van der Waals surface area contributed by atoms with Gasteiger partial charge in [-0.05, 0) is 32.4 Å². The maximum absolute atomic E-state index is 12.0. The molecular formula is C15H23NO3. The highest BCUT2D eigenvalue weighted by atomic mass is 16.5. The van der Waals surface area contributed by atoms with Crippen molar-refractivity contribution in [3.05, 3.63) is 24.3 Å². The Morgan fingerprint density at radius 2 is 1.89 bits per heavy atom. The summed E-state index contributed by atoms with van der Waals surface area (Å²) in [5.74, 6) is 1.10. The van der Waals surface area contributed by atoms with Crippen LogP contribution in [0.1, 0.15) is 33.6 Å². The number of rotatable bonds is 7. The molecule has 0 bridgehead atoms. The Morgan fingerprint density at radius 1 is 1.26 bits per heavy atom. The van der Waals surface area contributed by atoms with Crippen molar-refractivity contribution in [3.63, 3.8) is 0 Å². The van der Waals surface area contributed by atoms with E-state index in [2.05, 4.69) is 12.2 Å². The normalized spacial score (nSPS) is 13.5. The molecule has 0 aromatic heterocycles. The lowest BCUT2D eigenvalue weighted by Gasteiger charge is -2.19. The lowest BCUT2D eigenvalue weighted by Crippen LogP contribution is -2.41.